The van der Waals surface area contributed by atoms with Gasteiger partial charge in [0.2, 0.25) is 5.91 Å². The van der Waals surface area contributed by atoms with Crippen LogP contribution in [0.15, 0.2) is 12.7 Å². The Balaban J connectivity index is 2.67. The molecule has 0 aliphatic carbocycles. The largest absolute Gasteiger partial charge is 0.480 e. The van der Waals surface area contributed by atoms with Crippen LogP contribution in [0.4, 0.5) is 0 Å². The summed E-state index contributed by atoms with van der Waals surface area (Å²) in [5.74, 6) is -0.851. The van der Waals surface area contributed by atoms with Crippen molar-refractivity contribution in [3.8, 4) is 0 Å². The molecule has 2 atom stereocenters. The van der Waals surface area contributed by atoms with Crippen molar-refractivity contribution in [1.82, 2.24) is 4.90 Å². The average Bonchev–Trinajstić information content (AvgIpc) is 2.60. The predicted molar refractivity (Wildman–Crippen MR) is 61.0 cm³/mol. The zero-order valence-electron chi connectivity index (χ0n) is 9.69. The van der Waals surface area contributed by atoms with Gasteiger partial charge in [0.25, 0.3) is 0 Å². The minimum atomic E-state index is -0.897. The molecule has 90 valence electrons. The highest BCUT2D eigenvalue weighted by molar-refractivity contribution is 5.85. The Morgan fingerprint density at radius 1 is 1.75 bits per heavy atom. The second-order valence-corrected chi connectivity index (χ2v) is 4.24. The van der Waals surface area contributed by atoms with E-state index in [1.165, 1.54) is 4.90 Å². The molecule has 1 aliphatic heterocycles. The standard InChI is InChI=1S/C12H19NO3/c1-3-5-6-10(12(15)16)13-8-9(4-2)7-11(13)14/h4,9-10H,2-3,5-8H2,1H3,(H,15,16). The first-order valence-electron chi connectivity index (χ1n) is 5.75. The Morgan fingerprint density at radius 3 is 2.88 bits per heavy atom. The van der Waals surface area contributed by atoms with E-state index in [1.807, 2.05) is 6.92 Å². The number of carbonyl (C=O) groups is 2. The highest BCUT2D eigenvalue weighted by Gasteiger charge is 2.35. The minimum Gasteiger partial charge on any atom is -0.480 e. The van der Waals surface area contributed by atoms with E-state index in [0.29, 0.717) is 19.4 Å². The van der Waals surface area contributed by atoms with Crippen LogP contribution in [0.1, 0.15) is 32.6 Å². The molecule has 4 nitrogen and oxygen atoms in total. The number of carboxylic acids is 1. The quantitative estimate of drug-likeness (QED) is 0.699. The van der Waals surface area contributed by atoms with Crippen molar-refractivity contribution in [1.29, 1.82) is 0 Å². The summed E-state index contributed by atoms with van der Waals surface area (Å²) in [5.41, 5.74) is 0. The van der Waals surface area contributed by atoms with Crippen LogP contribution in [0.5, 0.6) is 0 Å². The summed E-state index contributed by atoms with van der Waals surface area (Å²) in [4.78, 5) is 24.3. The van der Waals surface area contributed by atoms with Gasteiger partial charge >= 0.3 is 5.97 Å². The summed E-state index contributed by atoms with van der Waals surface area (Å²) in [6, 6.07) is -0.655. The number of carboxylic acid groups (broad SMARTS) is 1. The Hall–Kier alpha value is -1.32. The van der Waals surface area contributed by atoms with Gasteiger partial charge in [-0.25, -0.2) is 4.79 Å². The molecule has 0 aromatic carbocycles. The van der Waals surface area contributed by atoms with Crippen LogP contribution in [0, 0.1) is 5.92 Å². The lowest BCUT2D eigenvalue weighted by atomic mass is 10.1. The van der Waals surface area contributed by atoms with Gasteiger partial charge in [-0.05, 0) is 6.42 Å². The molecule has 0 saturated carbocycles. The van der Waals surface area contributed by atoms with Crippen LogP contribution >= 0.6 is 0 Å². The van der Waals surface area contributed by atoms with Gasteiger partial charge in [0.05, 0.1) is 0 Å². The van der Waals surface area contributed by atoms with E-state index in [-0.39, 0.29) is 11.8 Å². The number of amides is 1. The maximum Gasteiger partial charge on any atom is 0.326 e. The molecular weight excluding hydrogens is 206 g/mol. The molecule has 1 amide bonds. The molecule has 1 saturated heterocycles. The summed E-state index contributed by atoms with van der Waals surface area (Å²) in [7, 11) is 0. The monoisotopic (exact) mass is 225 g/mol. The molecule has 1 N–H and O–H groups in total. The van der Waals surface area contributed by atoms with Gasteiger partial charge in [-0.15, -0.1) is 6.58 Å². The maximum atomic E-state index is 11.7. The Kier molecular flexibility index (Phi) is 4.52. The smallest absolute Gasteiger partial charge is 0.326 e. The van der Waals surface area contributed by atoms with Gasteiger partial charge in [-0.3, -0.25) is 4.79 Å². The van der Waals surface area contributed by atoms with Crippen molar-refractivity contribution in [2.45, 2.75) is 38.6 Å². The lowest BCUT2D eigenvalue weighted by Crippen LogP contribution is -2.42. The number of hydrogen-bond acceptors (Lipinski definition) is 2. The second kappa shape index (κ2) is 5.68. The third kappa shape index (κ3) is 2.84. The zero-order valence-corrected chi connectivity index (χ0v) is 9.69. The van der Waals surface area contributed by atoms with Crippen molar-refractivity contribution in [2.24, 2.45) is 5.92 Å². The third-order valence-corrected chi connectivity index (χ3v) is 3.01. The van der Waals surface area contributed by atoms with E-state index in [2.05, 4.69) is 6.58 Å². The van der Waals surface area contributed by atoms with E-state index in [4.69, 9.17) is 5.11 Å². The number of likely N-dealkylation sites (tertiary alicyclic amines) is 1. The van der Waals surface area contributed by atoms with Gasteiger partial charge in [0.15, 0.2) is 0 Å². The first kappa shape index (κ1) is 12.7. The van der Waals surface area contributed by atoms with Crippen molar-refractivity contribution < 1.29 is 14.7 Å². The highest BCUT2D eigenvalue weighted by atomic mass is 16.4. The number of rotatable bonds is 6. The van der Waals surface area contributed by atoms with Gasteiger partial charge in [-0.1, -0.05) is 25.8 Å². The zero-order chi connectivity index (χ0) is 12.1. The normalized spacial score (nSPS) is 22.2. The summed E-state index contributed by atoms with van der Waals surface area (Å²) in [6.45, 7) is 6.17. The van der Waals surface area contributed by atoms with Gasteiger partial charge in [-0.2, -0.15) is 0 Å². The Bertz CT molecular complexity index is 288. The summed E-state index contributed by atoms with van der Waals surface area (Å²) >= 11 is 0. The molecule has 2 unspecified atom stereocenters. The van der Waals surface area contributed by atoms with Gasteiger partial charge in [0.1, 0.15) is 6.04 Å². The Morgan fingerprint density at radius 2 is 2.44 bits per heavy atom. The number of hydrogen-bond donors (Lipinski definition) is 1. The van der Waals surface area contributed by atoms with Crippen LogP contribution < -0.4 is 0 Å². The number of carbonyl (C=O) groups excluding carboxylic acids is 1. The Labute approximate surface area is 95.9 Å². The number of aliphatic carboxylic acids is 1. The van der Waals surface area contributed by atoms with Crippen LogP contribution in [0.3, 0.4) is 0 Å². The summed E-state index contributed by atoms with van der Waals surface area (Å²) in [5, 5.41) is 9.12. The topological polar surface area (TPSA) is 57.6 Å². The highest BCUT2D eigenvalue weighted by Crippen LogP contribution is 2.23. The van der Waals surface area contributed by atoms with E-state index >= 15 is 0 Å². The molecule has 0 bridgehead atoms. The molecule has 0 aromatic heterocycles. The van der Waals surface area contributed by atoms with Crippen LogP contribution in [-0.4, -0.2) is 34.5 Å². The number of unbranched alkanes of at least 4 members (excludes halogenated alkanes) is 1. The van der Waals surface area contributed by atoms with Crippen LogP contribution in [0.25, 0.3) is 0 Å². The van der Waals surface area contributed by atoms with Crippen molar-refractivity contribution >= 4 is 11.9 Å². The van der Waals surface area contributed by atoms with Crippen molar-refractivity contribution in [3.63, 3.8) is 0 Å². The lowest BCUT2D eigenvalue weighted by molar-refractivity contribution is -0.148. The fraction of sp³-hybridized carbons (Fsp3) is 0.667. The molecule has 0 aromatic rings. The van der Waals surface area contributed by atoms with Gasteiger partial charge in [0, 0.05) is 18.9 Å². The van der Waals surface area contributed by atoms with E-state index < -0.39 is 12.0 Å². The molecule has 0 spiro atoms. The molecule has 4 heteroatoms. The fourth-order valence-corrected chi connectivity index (χ4v) is 2.03. The minimum absolute atomic E-state index is 0.0617. The summed E-state index contributed by atoms with van der Waals surface area (Å²) < 4.78 is 0. The molecule has 1 rings (SSSR count). The molecule has 16 heavy (non-hydrogen) atoms. The first-order valence-corrected chi connectivity index (χ1v) is 5.75. The third-order valence-electron chi connectivity index (χ3n) is 3.01. The van der Waals surface area contributed by atoms with E-state index in [9.17, 15) is 9.59 Å². The number of nitrogens with zero attached hydrogens (tertiary/aromatic N) is 1. The molecule has 1 heterocycles. The van der Waals surface area contributed by atoms with E-state index in [0.717, 1.165) is 12.8 Å². The van der Waals surface area contributed by atoms with Crippen molar-refractivity contribution in [2.75, 3.05) is 6.54 Å². The van der Waals surface area contributed by atoms with Crippen molar-refractivity contribution in [3.05, 3.63) is 12.7 Å². The van der Waals surface area contributed by atoms with Gasteiger partial charge < -0.3 is 10.0 Å². The van der Waals surface area contributed by atoms with Crippen LogP contribution in [0.2, 0.25) is 0 Å². The maximum absolute atomic E-state index is 11.7. The lowest BCUT2D eigenvalue weighted by Gasteiger charge is -2.24. The average molecular weight is 225 g/mol. The second-order valence-electron chi connectivity index (χ2n) is 4.24. The van der Waals surface area contributed by atoms with E-state index in [1.54, 1.807) is 6.08 Å². The first-order chi connectivity index (χ1) is 7.60. The van der Waals surface area contributed by atoms with Crippen LogP contribution in [-0.2, 0) is 9.59 Å². The predicted octanol–water partition coefficient (Wildman–Crippen LogP) is 1.66. The molecule has 1 fully saturated rings. The molecule has 1 aliphatic rings. The SMILES string of the molecule is C=CC1CC(=O)N(C(CCCC)C(=O)O)C1. The molecule has 0 radical (unpaired) electrons. The fourth-order valence-electron chi connectivity index (χ4n) is 2.03. The summed E-state index contributed by atoms with van der Waals surface area (Å²) in [6.07, 6.45) is 4.45. The molecular formula is C12H19NO3.